The summed E-state index contributed by atoms with van der Waals surface area (Å²) in [5, 5.41) is 21.5. The van der Waals surface area contributed by atoms with E-state index in [1.54, 1.807) is 24.4 Å². The molecule has 158 valence electrons. The van der Waals surface area contributed by atoms with Gasteiger partial charge in [-0.3, -0.25) is 5.10 Å². The van der Waals surface area contributed by atoms with Gasteiger partial charge in [0.25, 0.3) is 0 Å². The lowest BCUT2D eigenvalue weighted by molar-refractivity contribution is -0.0955. The first-order chi connectivity index (χ1) is 13.7. The highest BCUT2D eigenvalue weighted by molar-refractivity contribution is 5.89. The standard InChI is InChI=1S/C20H24F2N6O.2H2/c1-19(2,22)20(3,29)14-11-28(10-9-23-14)15-7-6-13(21)17(25-15)16-12-5-4-8-24-18(12)27-26-16;;/h4-8,14,23,29H,9-11H2,1-3H3,(H,24,26,27);2*1H. The van der Waals surface area contributed by atoms with E-state index in [4.69, 9.17) is 0 Å². The summed E-state index contributed by atoms with van der Waals surface area (Å²) >= 11 is 0. The van der Waals surface area contributed by atoms with Crippen LogP contribution in [0.2, 0.25) is 0 Å². The quantitative estimate of drug-likeness (QED) is 0.617. The Morgan fingerprint density at radius 3 is 2.83 bits per heavy atom. The number of aromatic nitrogens is 4. The molecule has 1 saturated heterocycles. The summed E-state index contributed by atoms with van der Waals surface area (Å²) in [6, 6.07) is 5.99. The predicted molar refractivity (Wildman–Crippen MR) is 111 cm³/mol. The third-order valence-corrected chi connectivity index (χ3v) is 5.78. The number of anilines is 1. The fourth-order valence-electron chi connectivity index (χ4n) is 3.56. The zero-order chi connectivity index (χ0) is 20.8. The van der Waals surface area contributed by atoms with Crippen LogP contribution in [0.25, 0.3) is 22.4 Å². The lowest BCUT2D eigenvalue weighted by Gasteiger charge is -2.45. The van der Waals surface area contributed by atoms with Crippen LogP contribution >= 0.6 is 0 Å². The van der Waals surface area contributed by atoms with Gasteiger partial charge >= 0.3 is 0 Å². The number of rotatable bonds is 4. The van der Waals surface area contributed by atoms with Gasteiger partial charge in [-0.05, 0) is 45.0 Å². The summed E-state index contributed by atoms with van der Waals surface area (Å²) in [6.07, 6.45) is 1.62. The number of piperazine rings is 1. The zero-order valence-corrected chi connectivity index (χ0v) is 16.6. The fourth-order valence-corrected chi connectivity index (χ4v) is 3.56. The van der Waals surface area contributed by atoms with Crippen molar-refractivity contribution in [3.8, 4) is 11.4 Å². The molecular formula is C20H28F2N6O. The minimum atomic E-state index is -1.79. The van der Waals surface area contributed by atoms with E-state index in [0.717, 1.165) is 0 Å². The second-order valence-electron chi connectivity index (χ2n) is 8.05. The topological polar surface area (TPSA) is 90.0 Å². The van der Waals surface area contributed by atoms with E-state index in [-0.39, 0.29) is 8.55 Å². The van der Waals surface area contributed by atoms with E-state index < -0.39 is 23.1 Å². The summed E-state index contributed by atoms with van der Waals surface area (Å²) in [6.45, 7) is 5.69. The highest BCUT2D eigenvalue weighted by atomic mass is 19.1. The Kier molecular flexibility index (Phi) is 4.74. The Hall–Kier alpha value is -2.65. The third kappa shape index (κ3) is 3.44. The molecule has 2 atom stereocenters. The Bertz CT molecular complexity index is 1040. The van der Waals surface area contributed by atoms with Gasteiger partial charge in [-0.1, -0.05) is 0 Å². The van der Waals surface area contributed by atoms with E-state index >= 15 is 0 Å². The normalized spacial score (nSPS) is 20.1. The second-order valence-corrected chi connectivity index (χ2v) is 8.05. The van der Waals surface area contributed by atoms with Gasteiger partial charge in [-0.25, -0.2) is 18.7 Å². The molecule has 0 saturated carbocycles. The van der Waals surface area contributed by atoms with E-state index in [2.05, 4.69) is 25.5 Å². The van der Waals surface area contributed by atoms with E-state index in [1.165, 1.54) is 26.8 Å². The highest BCUT2D eigenvalue weighted by Gasteiger charge is 2.47. The van der Waals surface area contributed by atoms with Crippen LogP contribution in [0, 0.1) is 5.82 Å². The summed E-state index contributed by atoms with van der Waals surface area (Å²) in [5.74, 6) is 0.0683. The molecule has 3 aromatic rings. The lowest BCUT2D eigenvalue weighted by atomic mass is 9.81. The van der Waals surface area contributed by atoms with Gasteiger partial charge in [0, 0.05) is 34.1 Å². The maximum atomic E-state index is 14.6. The monoisotopic (exact) mass is 406 g/mol. The molecule has 4 rings (SSSR count). The zero-order valence-electron chi connectivity index (χ0n) is 16.6. The van der Waals surface area contributed by atoms with Crippen molar-refractivity contribution in [3.05, 3.63) is 36.3 Å². The molecular weight excluding hydrogens is 378 g/mol. The first-order valence-corrected chi connectivity index (χ1v) is 9.54. The Labute approximate surface area is 170 Å². The molecule has 1 aliphatic rings. The number of aliphatic hydroxyl groups is 1. The SMILES string of the molecule is CC(C)(F)C(C)(O)C1CN(c2ccc(F)c(-c3[nH]nc4ncccc34)n2)CCN1.[HH].[HH]. The maximum Gasteiger partial charge on any atom is 0.181 e. The number of H-pyrrole nitrogens is 1. The van der Waals surface area contributed by atoms with Crippen molar-refractivity contribution in [2.75, 3.05) is 24.5 Å². The van der Waals surface area contributed by atoms with Crippen LogP contribution in [0.4, 0.5) is 14.6 Å². The number of nitrogens with one attached hydrogen (secondary N) is 2. The summed E-state index contributed by atoms with van der Waals surface area (Å²) in [7, 11) is 0. The van der Waals surface area contributed by atoms with Crippen molar-refractivity contribution in [1.29, 1.82) is 0 Å². The molecule has 4 heterocycles. The number of aromatic amines is 1. The Balaban J connectivity index is 0.00000171. The smallest absolute Gasteiger partial charge is 0.181 e. The number of fused-ring (bicyclic) bond motifs is 1. The van der Waals surface area contributed by atoms with Crippen molar-refractivity contribution in [2.45, 2.75) is 38.1 Å². The maximum absolute atomic E-state index is 14.6. The van der Waals surface area contributed by atoms with Crippen LogP contribution in [0.5, 0.6) is 0 Å². The number of hydrogen-bond acceptors (Lipinski definition) is 6. The molecule has 7 nitrogen and oxygen atoms in total. The molecule has 29 heavy (non-hydrogen) atoms. The summed E-state index contributed by atoms with van der Waals surface area (Å²) in [5.41, 5.74) is -2.30. The molecule has 1 fully saturated rings. The minimum Gasteiger partial charge on any atom is -0.385 e. The van der Waals surface area contributed by atoms with Gasteiger partial charge in [0.15, 0.2) is 11.5 Å². The van der Waals surface area contributed by atoms with Gasteiger partial charge in [0.05, 0.1) is 11.7 Å². The van der Waals surface area contributed by atoms with E-state index in [0.29, 0.717) is 42.2 Å². The second kappa shape index (κ2) is 7.00. The summed E-state index contributed by atoms with van der Waals surface area (Å²) in [4.78, 5) is 10.6. The number of hydrogen-bond donors (Lipinski definition) is 3. The molecule has 0 radical (unpaired) electrons. The van der Waals surface area contributed by atoms with Gasteiger partial charge in [-0.2, -0.15) is 5.10 Å². The molecule has 0 bridgehead atoms. The van der Waals surface area contributed by atoms with Crippen LogP contribution in [0.15, 0.2) is 30.5 Å². The molecule has 3 N–H and O–H groups in total. The Morgan fingerprint density at radius 1 is 1.28 bits per heavy atom. The third-order valence-electron chi connectivity index (χ3n) is 5.78. The van der Waals surface area contributed by atoms with E-state index in [1.807, 2.05) is 4.90 Å². The lowest BCUT2D eigenvalue weighted by Crippen LogP contribution is -2.66. The molecule has 9 heteroatoms. The Morgan fingerprint density at radius 2 is 2.07 bits per heavy atom. The van der Waals surface area contributed by atoms with Crippen molar-refractivity contribution < 1.29 is 16.7 Å². The predicted octanol–water partition coefficient (Wildman–Crippen LogP) is 2.93. The van der Waals surface area contributed by atoms with Gasteiger partial charge in [-0.15, -0.1) is 0 Å². The van der Waals surface area contributed by atoms with Crippen LogP contribution in [-0.2, 0) is 0 Å². The molecule has 0 amide bonds. The average molecular weight is 406 g/mol. The van der Waals surface area contributed by atoms with Gasteiger partial charge in [0.1, 0.15) is 22.8 Å². The molecule has 3 aromatic heterocycles. The largest absolute Gasteiger partial charge is 0.385 e. The molecule has 0 spiro atoms. The summed E-state index contributed by atoms with van der Waals surface area (Å²) < 4.78 is 29.1. The number of pyridine rings is 2. The highest BCUT2D eigenvalue weighted by Crippen LogP contribution is 2.32. The molecule has 0 aromatic carbocycles. The van der Waals surface area contributed by atoms with Crippen molar-refractivity contribution in [3.63, 3.8) is 0 Å². The average Bonchev–Trinajstić information content (AvgIpc) is 3.11. The van der Waals surface area contributed by atoms with Crippen LogP contribution in [0.3, 0.4) is 0 Å². The van der Waals surface area contributed by atoms with Crippen LogP contribution in [-0.4, -0.2) is 62.2 Å². The van der Waals surface area contributed by atoms with Crippen LogP contribution < -0.4 is 10.2 Å². The minimum absolute atomic E-state index is 0. The molecule has 1 aliphatic heterocycles. The first kappa shape index (κ1) is 19.7. The number of alkyl halides is 1. The number of nitrogens with zero attached hydrogens (tertiary/aromatic N) is 4. The van der Waals surface area contributed by atoms with Crippen molar-refractivity contribution >= 4 is 16.9 Å². The number of halogens is 2. The van der Waals surface area contributed by atoms with Crippen molar-refractivity contribution in [2.24, 2.45) is 0 Å². The van der Waals surface area contributed by atoms with Gasteiger partial charge in [0.2, 0.25) is 0 Å². The van der Waals surface area contributed by atoms with Crippen LogP contribution in [0.1, 0.15) is 23.6 Å². The first-order valence-electron chi connectivity index (χ1n) is 9.54. The van der Waals surface area contributed by atoms with Gasteiger partial charge < -0.3 is 15.3 Å². The fraction of sp³-hybridized carbons (Fsp3) is 0.450. The molecule has 0 aliphatic carbocycles. The van der Waals surface area contributed by atoms with E-state index in [9.17, 15) is 13.9 Å². The van der Waals surface area contributed by atoms with Crippen molar-refractivity contribution in [1.82, 2.24) is 25.5 Å². The molecule has 2 unspecified atom stereocenters.